The second-order valence-corrected chi connectivity index (χ2v) is 6.80. The Hall–Kier alpha value is -1.23. The van der Waals surface area contributed by atoms with E-state index in [9.17, 15) is 13.2 Å². The van der Waals surface area contributed by atoms with Gasteiger partial charge in [0.05, 0.1) is 25.3 Å². The van der Waals surface area contributed by atoms with Crippen LogP contribution in [0.1, 0.15) is 30.9 Å². The SMILES string of the molecule is CCNC(=NCc1ccc(N2CCOCC2)cc1C(F)(F)F)N1CCCC1.I. The molecule has 9 heteroatoms. The number of benzene rings is 1. The summed E-state index contributed by atoms with van der Waals surface area (Å²) in [5, 5.41) is 3.19. The zero-order valence-electron chi connectivity index (χ0n) is 16.1. The molecular formula is C19H28F3IN4O. The van der Waals surface area contributed by atoms with E-state index in [1.54, 1.807) is 12.1 Å². The smallest absolute Gasteiger partial charge is 0.378 e. The van der Waals surface area contributed by atoms with Crippen LogP contribution in [0.5, 0.6) is 0 Å². The monoisotopic (exact) mass is 512 g/mol. The maximum absolute atomic E-state index is 13.7. The number of hydrogen-bond acceptors (Lipinski definition) is 3. The van der Waals surface area contributed by atoms with Gasteiger partial charge < -0.3 is 19.9 Å². The van der Waals surface area contributed by atoms with Crippen LogP contribution < -0.4 is 10.2 Å². The number of ether oxygens (including phenoxy) is 1. The Morgan fingerprint density at radius 1 is 1.14 bits per heavy atom. The lowest BCUT2D eigenvalue weighted by Gasteiger charge is -2.29. The molecule has 0 aromatic heterocycles. The maximum atomic E-state index is 13.7. The van der Waals surface area contributed by atoms with Crippen molar-refractivity contribution in [2.75, 3.05) is 50.8 Å². The Labute approximate surface area is 181 Å². The fourth-order valence-corrected chi connectivity index (χ4v) is 3.50. The first kappa shape index (κ1) is 23.1. The Morgan fingerprint density at radius 3 is 2.43 bits per heavy atom. The molecule has 1 aromatic carbocycles. The summed E-state index contributed by atoms with van der Waals surface area (Å²) >= 11 is 0. The number of anilines is 1. The molecule has 1 N–H and O–H groups in total. The number of rotatable bonds is 4. The molecule has 0 spiro atoms. The van der Waals surface area contributed by atoms with E-state index in [-0.39, 0.29) is 36.1 Å². The third kappa shape index (κ3) is 5.88. The highest BCUT2D eigenvalue weighted by atomic mass is 127. The second kappa shape index (κ2) is 10.5. The summed E-state index contributed by atoms with van der Waals surface area (Å²) in [7, 11) is 0. The molecule has 0 amide bonds. The highest BCUT2D eigenvalue weighted by molar-refractivity contribution is 14.0. The Kier molecular flexibility index (Phi) is 8.66. The number of aliphatic imine (C=N–C) groups is 1. The summed E-state index contributed by atoms with van der Waals surface area (Å²) in [5.74, 6) is 0.695. The number of likely N-dealkylation sites (tertiary alicyclic amines) is 1. The van der Waals surface area contributed by atoms with E-state index in [2.05, 4.69) is 15.2 Å². The van der Waals surface area contributed by atoms with Crippen LogP contribution in [-0.2, 0) is 17.5 Å². The number of alkyl halides is 3. The van der Waals surface area contributed by atoms with E-state index in [1.165, 1.54) is 6.07 Å². The van der Waals surface area contributed by atoms with Crippen LogP contribution in [0.2, 0.25) is 0 Å². The first-order chi connectivity index (χ1) is 13.0. The van der Waals surface area contributed by atoms with Crippen molar-refractivity contribution in [1.82, 2.24) is 10.2 Å². The van der Waals surface area contributed by atoms with Gasteiger partial charge in [-0.3, -0.25) is 0 Å². The minimum atomic E-state index is -4.40. The number of nitrogens with zero attached hydrogens (tertiary/aromatic N) is 3. The predicted molar refractivity (Wildman–Crippen MR) is 116 cm³/mol. The zero-order valence-corrected chi connectivity index (χ0v) is 18.4. The third-order valence-corrected chi connectivity index (χ3v) is 4.91. The normalized spacial score (nSPS) is 18.2. The van der Waals surface area contributed by atoms with E-state index < -0.39 is 11.7 Å². The lowest BCUT2D eigenvalue weighted by molar-refractivity contribution is -0.138. The number of guanidine groups is 1. The van der Waals surface area contributed by atoms with Crippen LogP contribution in [0.25, 0.3) is 0 Å². The fourth-order valence-electron chi connectivity index (χ4n) is 3.50. The van der Waals surface area contributed by atoms with Crippen LogP contribution in [0.3, 0.4) is 0 Å². The summed E-state index contributed by atoms with van der Waals surface area (Å²) in [6.45, 7) is 6.74. The van der Waals surface area contributed by atoms with E-state index >= 15 is 0 Å². The molecule has 0 unspecified atom stereocenters. The number of morpholine rings is 1. The molecule has 0 radical (unpaired) electrons. The molecule has 0 bridgehead atoms. The average Bonchev–Trinajstić information content (AvgIpc) is 3.19. The van der Waals surface area contributed by atoms with Gasteiger partial charge in [-0.2, -0.15) is 13.2 Å². The lowest BCUT2D eigenvalue weighted by atomic mass is 10.1. The van der Waals surface area contributed by atoms with E-state index in [4.69, 9.17) is 4.74 Å². The van der Waals surface area contributed by atoms with Gasteiger partial charge in [0.15, 0.2) is 5.96 Å². The molecule has 0 saturated carbocycles. The molecule has 2 fully saturated rings. The number of halogens is 4. The third-order valence-electron chi connectivity index (χ3n) is 4.91. The molecule has 2 saturated heterocycles. The zero-order chi connectivity index (χ0) is 19.3. The Morgan fingerprint density at radius 2 is 1.82 bits per heavy atom. The van der Waals surface area contributed by atoms with Gasteiger partial charge in [-0.05, 0) is 37.5 Å². The first-order valence-electron chi connectivity index (χ1n) is 9.55. The minimum Gasteiger partial charge on any atom is -0.378 e. The van der Waals surface area contributed by atoms with Crippen LogP contribution in [0, 0.1) is 0 Å². The van der Waals surface area contributed by atoms with Crippen molar-refractivity contribution in [3.8, 4) is 0 Å². The molecule has 3 rings (SSSR count). The van der Waals surface area contributed by atoms with Gasteiger partial charge in [-0.1, -0.05) is 6.07 Å². The van der Waals surface area contributed by atoms with E-state index in [1.807, 2.05) is 11.8 Å². The molecular weight excluding hydrogens is 484 g/mol. The van der Waals surface area contributed by atoms with Crippen molar-refractivity contribution in [3.05, 3.63) is 29.3 Å². The van der Waals surface area contributed by atoms with Gasteiger partial charge in [0.2, 0.25) is 0 Å². The van der Waals surface area contributed by atoms with Crippen LogP contribution in [0.15, 0.2) is 23.2 Å². The first-order valence-corrected chi connectivity index (χ1v) is 9.55. The van der Waals surface area contributed by atoms with Gasteiger partial charge in [0, 0.05) is 38.4 Å². The minimum absolute atomic E-state index is 0. The van der Waals surface area contributed by atoms with Crippen molar-refractivity contribution in [1.29, 1.82) is 0 Å². The maximum Gasteiger partial charge on any atom is 0.416 e. The molecule has 2 aliphatic rings. The lowest BCUT2D eigenvalue weighted by Crippen LogP contribution is -2.39. The summed E-state index contributed by atoms with van der Waals surface area (Å²) < 4.78 is 46.2. The van der Waals surface area contributed by atoms with Crippen molar-refractivity contribution >= 4 is 35.6 Å². The van der Waals surface area contributed by atoms with Crippen molar-refractivity contribution < 1.29 is 17.9 Å². The molecule has 2 aliphatic heterocycles. The van der Waals surface area contributed by atoms with Crippen molar-refractivity contribution in [3.63, 3.8) is 0 Å². The molecule has 0 atom stereocenters. The number of nitrogens with one attached hydrogen (secondary N) is 1. The predicted octanol–water partition coefficient (Wildman–Crippen LogP) is 3.72. The quantitative estimate of drug-likeness (QED) is 0.380. The van der Waals surface area contributed by atoms with Crippen molar-refractivity contribution in [2.24, 2.45) is 4.99 Å². The van der Waals surface area contributed by atoms with Gasteiger partial charge in [0.25, 0.3) is 0 Å². The Bertz CT molecular complexity index is 657. The topological polar surface area (TPSA) is 40.1 Å². The highest BCUT2D eigenvalue weighted by Gasteiger charge is 2.34. The highest BCUT2D eigenvalue weighted by Crippen LogP contribution is 2.35. The average molecular weight is 512 g/mol. The van der Waals surface area contributed by atoms with Crippen LogP contribution in [-0.4, -0.2) is 56.8 Å². The molecule has 158 valence electrons. The largest absolute Gasteiger partial charge is 0.416 e. The molecule has 0 aliphatic carbocycles. The van der Waals surface area contributed by atoms with Crippen LogP contribution >= 0.6 is 24.0 Å². The second-order valence-electron chi connectivity index (χ2n) is 6.80. The fraction of sp³-hybridized carbons (Fsp3) is 0.632. The van der Waals surface area contributed by atoms with Gasteiger partial charge in [-0.15, -0.1) is 24.0 Å². The summed E-state index contributed by atoms with van der Waals surface area (Å²) in [6, 6.07) is 4.57. The Balaban J connectivity index is 0.00000280. The molecule has 1 aromatic rings. The van der Waals surface area contributed by atoms with Gasteiger partial charge in [0.1, 0.15) is 0 Å². The van der Waals surface area contributed by atoms with Crippen molar-refractivity contribution in [2.45, 2.75) is 32.5 Å². The number of hydrogen-bond donors (Lipinski definition) is 1. The summed E-state index contributed by atoms with van der Waals surface area (Å²) in [6.07, 6.45) is -2.22. The summed E-state index contributed by atoms with van der Waals surface area (Å²) in [4.78, 5) is 8.52. The van der Waals surface area contributed by atoms with Gasteiger partial charge in [-0.25, -0.2) is 4.99 Å². The van der Waals surface area contributed by atoms with E-state index in [0.717, 1.165) is 25.9 Å². The van der Waals surface area contributed by atoms with Gasteiger partial charge >= 0.3 is 6.18 Å². The summed E-state index contributed by atoms with van der Waals surface area (Å²) in [5.41, 5.74) is 0.187. The molecule has 2 heterocycles. The van der Waals surface area contributed by atoms with Crippen LogP contribution in [0.4, 0.5) is 18.9 Å². The van der Waals surface area contributed by atoms with E-state index in [0.29, 0.717) is 44.5 Å². The molecule has 5 nitrogen and oxygen atoms in total. The standard InChI is InChI=1S/C19H27F3N4O.HI/c1-2-23-18(26-7-3-4-8-26)24-14-15-5-6-16(13-17(15)19(20,21)22)25-9-11-27-12-10-25;/h5-6,13H,2-4,7-12,14H2,1H3,(H,23,24);1H. The molecule has 28 heavy (non-hydrogen) atoms.